The van der Waals surface area contributed by atoms with Gasteiger partial charge in [-0.15, -0.1) is 6.58 Å². The molecule has 3 rings (SSSR count). The number of hydrogen-bond acceptors (Lipinski definition) is 4. The van der Waals surface area contributed by atoms with Crippen LogP contribution in [0.25, 0.3) is 21.5 Å². The minimum absolute atomic E-state index is 0.112. The summed E-state index contributed by atoms with van der Waals surface area (Å²) in [5, 5.41) is 6.65. The number of carbonyl (C=O) groups is 1. The Hall–Kier alpha value is -3.21. The third-order valence-electron chi connectivity index (χ3n) is 4.78. The number of hydrogen-bond donors (Lipinski definition) is 1. The van der Waals surface area contributed by atoms with E-state index in [1.165, 1.54) is 0 Å². The molecule has 1 N–H and O–H groups in total. The second-order valence-corrected chi connectivity index (χ2v) is 6.45. The van der Waals surface area contributed by atoms with Crippen LogP contribution in [0, 0.1) is 0 Å². The maximum atomic E-state index is 12.9. The molecule has 3 aromatic carbocycles. The van der Waals surface area contributed by atoms with Gasteiger partial charge in [0.05, 0.1) is 21.3 Å². The van der Waals surface area contributed by atoms with Crippen molar-refractivity contribution in [2.45, 2.75) is 12.8 Å². The van der Waals surface area contributed by atoms with E-state index in [0.29, 0.717) is 23.6 Å². The van der Waals surface area contributed by atoms with E-state index in [4.69, 9.17) is 14.2 Å². The molecular formula is C23H25NO4. The van der Waals surface area contributed by atoms with E-state index in [0.717, 1.165) is 40.1 Å². The first-order valence-corrected chi connectivity index (χ1v) is 9.18. The molecule has 5 heteroatoms. The summed E-state index contributed by atoms with van der Waals surface area (Å²) in [4.78, 5) is 12.9. The molecule has 0 saturated carbocycles. The SMILES string of the molecule is C=CCCCNC(=O)c1cc2ccc(OC)cc2c2cc(OC)c(OC)cc12. The van der Waals surface area contributed by atoms with Gasteiger partial charge >= 0.3 is 0 Å². The number of fused-ring (bicyclic) bond motifs is 3. The van der Waals surface area contributed by atoms with Crippen molar-refractivity contribution in [2.75, 3.05) is 27.9 Å². The fourth-order valence-electron chi connectivity index (χ4n) is 3.31. The van der Waals surface area contributed by atoms with Crippen LogP contribution in [0.1, 0.15) is 23.2 Å². The van der Waals surface area contributed by atoms with Gasteiger partial charge in [0.25, 0.3) is 5.91 Å². The predicted octanol–water partition coefficient (Wildman–Crippen LogP) is 4.71. The fraction of sp³-hybridized carbons (Fsp3) is 0.261. The Morgan fingerprint density at radius 3 is 2.32 bits per heavy atom. The van der Waals surface area contributed by atoms with E-state index in [-0.39, 0.29) is 5.91 Å². The minimum Gasteiger partial charge on any atom is -0.497 e. The number of unbranched alkanes of at least 4 members (excludes halogenated alkanes) is 1. The maximum absolute atomic E-state index is 12.9. The summed E-state index contributed by atoms with van der Waals surface area (Å²) in [5.74, 6) is 1.84. The van der Waals surface area contributed by atoms with Gasteiger partial charge in [-0.3, -0.25) is 4.79 Å². The molecule has 0 aliphatic heterocycles. The van der Waals surface area contributed by atoms with E-state index in [9.17, 15) is 4.79 Å². The highest BCUT2D eigenvalue weighted by Crippen LogP contribution is 2.38. The van der Waals surface area contributed by atoms with Gasteiger partial charge in [0.1, 0.15) is 5.75 Å². The second-order valence-electron chi connectivity index (χ2n) is 6.45. The quantitative estimate of drug-likeness (QED) is 0.350. The number of rotatable bonds is 8. The molecule has 0 aliphatic carbocycles. The van der Waals surface area contributed by atoms with Crippen LogP contribution in [0.3, 0.4) is 0 Å². The molecule has 5 nitrogen and oxygen atoms in total. The second kappa shape index (κ2) is 8.65. The topological polar surface area (TPSA) is 56.8 Å². The lowest BCUT2D eigenvalue weighted by Gasteiger charge is -2.15. The lowest BCUT2D eigenvalue weighted by molar-refractivity contribution is 0.0955. The van der Waals surface area contributed by atoms with Crippen molar-refractivity contribution in [3.8, 4) is 17.2 Å². The third-order valence-corrected chi connectivity index (χ3v) is 4.78. The van der Waals surface area contributed by atoms with Gasteiger partial charge < -0.3 is 19.5 Å². The molecule has 0 bridgehead atoms. The van der Waals surface area contributed by atoms with Crippen LogP contribution in [-0.2, 0) is 0 Å². The van der Waals surface area contributed by atoms with Gasteiger partial charge in [-0.2, -0.15) is 0 Å². The molecule has 146 valence electrons. The third kappa shape index (κ3) is 3.74. The van der Waals surface area contributed by atoms with Crippen molar-refractivity contribution in [2.24, 2.45) is 0 Å². The zero-order chi connectivity index (χ0) is 20.1. The highest BCUT2D eigenvalue weighted by atomic mass is 16.5. The van der Waals surface area contributed by atoms with Gasteiger partial charge in [-0.1, -0.05) is 12.1 Å². The molecular weight excluding hydrogens is 354 g/mol. The van der Waals surface area contributed by atoms with Gasteiger partial charge in [0.15, 0.2) is 11.5 Å². The smallest absolute Gasteiger partial charge is 0.251 e. The minimum atomic E-state index is -0.112. The Balaban J connectivity index is 2.21. The summed E-state index contributed by atoms with van der Waals surface area (Å²) in [5.41, 5.74) is 0.604. The van der Waals surface area contributed by atoms with Crippen molar-refractivity contribution < 1.29 is 19.0 Å². The van der Waals surface area contributed by atoms with Crippen molar-refractivity contribution >= 4 is 27.5 Å². The van der Waals surface area contributed by atoms with Crippen molar-refractivity contribution in [1.82, 2.24) is 5.32 Å². The van der Waals surface area contributed by atoms with Crippen molar-refractivity contribution in [1.29, 1.82) is 0 Å². The van der Waals surface area contributed by atoms with Gasteiger partial charge in [-0.05, 0) is 64.7 Å². The molecule has 0 fully saturated rings. The average Bonchev–Trinajstić information content (AvgIpc) is 2.74. The van der Waals surface area contributed by atoms with E-state index < -0.39 is 0 Å². The Morgan fingerprint density at radius 1 is 0.964 bits per heavy atom. The Labute approximate surface area is 164 Å². The molecule has 0 unspecified atom stereocenters. The Bertz CT molecular complexity index is 1030. The first-order valence-electron chi connectivity index (χ1n) is 9.18. The number of allylic oxidation sites excluding steroid dienone is 1. The van der Waals surface area contributed by atoms with Crippen LogP contribution >= 0.6 is 0 Å². The Kier molecular flexibility index (Phi) is 6.04. The van der Waals surface area contributed by atoms with Crippen LogP contribution in [0.2, 0.25) is 0 Å². The summed E-state index contributed by atoms with van der Waals surface area (Å²) in [6, 6.07) is 11.5. The van der Waals surface area contributed by atoms with Crippen LogP contribution in [0.15, 0.2) is 49.1 Å². The zero-order valence-electron chi connectivity index (χ0n) is 16.5. The van der Waals surface area contributed by atoms with E-state index in [2.05, 4.69) is 11.9 Å². The maximum Gasteiger partial charge on any atom is 0.251 e. The van der Waals surface area contributed by atoms with Crippen LogP contribution in [0.4, 0.5) is 0 Å². The summed E-state index contributed by atoms with van der Waals surface area (Å²) in [7, 11) is 4.82. The molecule has 0 spiro atoms. The summed E-state index contributed by atoms with van der Waals surface area (Å²) in [6.07, 6.45) is 3.57. The molecule has 1 amide bonds. The van der Waals surface area contributed by atoms with Crippen molar-refractivity contribution in [3.63, 3.8) is 0 Å². The summed E-state index contributed by atoms with van der Waals surface area (Å²) >= 11 is 0. The highest BCUT2D eigenvalue weighted by Gasteiger charge is 2.17. The normalized spacial score (nSPS) is 10.7. The molecule has 0 heterocycles. The number of amides is 1. The van der Waals surface area contributed by atoms with E-state index in [1.807, 2.05) is 42.5 Å². The van der Waals surface area contributed by atoms with E-state index >= 15 is 0 Å². The summed E-state index contributed by atoms with van der Waals surface area (Å²) in [6.45, 7) is 4.31. The Morgan fingerprint density at radius 2 is 1.68 bits per heavy atom. The zero-order valence-corrected chi connectivity index (χ0v) is 16.5. The van der Waals surface area contributed by atoms with E-state index in [1.54, 1.807) is 21.3 Å². The molecule has 0 aromatic heterocycles. The van der Waals surface area contributed by atoms with Crippen LogP contribution in [0.5, 0.6) is 17.2 Å². The lowest BCUT2D eigenvalue weighted by atomic mass is 9.96. The molecule has 28 heavy (non-hydrogen) atoms. The molecule has 0 saturated heterocycles. The molecule has 0 aliphatic rings. The number of benzene rings is 3. The first-order chi connectivity index (χ1) is 13.6. The molecule has 0 radical (unpaired) electrons. The summed E-state index contributed by atoms with van der Waals surface area (Å²) < 4.78 is 16.3. The largest absolute Gasteiger partial charge is 0.497 e. The number of ether oxygens (including phenoxy) is 3. The van der Waals surface area contributed by atoms with Crippen LogP contribution < -0.4 is 19.5 Å². The lowest BCUT2D eigenvalue weighted by Crippen LogP contribution is -2.24. The van der Waals surface area contributed by atoms with Gasteiger partial charge in [-0.25, -0.2) is 0 Å². The number of nitrogens with one attached hydrogen (secondary N) is 1. The molecule has 0 atom stereocenters. The highest BCUT2D eigenvalue weighted by molar-refractivity contribution is 6.18. The van der Waals surface area contributed by atoms with Gasteiger partial charge in [0.2, 0.25) is 0 Å². The van der Waals surface area contributed by atoms with Gasteiger partial charge in [0, 0.05) is 12.1 Å². The first kappa shape index (κ1) is 19.5. The monoisotopic (exact) mass is 379 g/mol. The fourth-order valence-corrected chi connectivity index (χ4v) is 3.31. The number of methoxy groups -OCH3 is 3. The standard InChI is InChI=1S/C23H25NO4/c1-5-6-7-10-24-23(25)20-11-15-8-9-16(26-2)12-17(15)18-13-21(27-3)22(28-4)14-19(18)20/h5,8-9,11-14H,1,6-7,10H2,2-4H3,(H,24,25). The molecule has 3 aromatic rings. The van der Waals surface area contributed by atoms with Crippen LogP contribution in [-0.4, -0.2) is 33.8 Å². The number of carbonyl (C=O) groups excluding carboxylic acids is 1. The predicted molar refractivity (Wildman–Crippen MR) is 113 cm³/mol. The van der Waals surface area contributed by atoms with Crippen molar-refractivity contribution in [3.05, 3.63) is 54.6 Å². The average molecular weight is 379 g/mol.